The highest BCUT2D eigenvalue weighted by molar-refractivity contribution is 5.85. The van der Waals surface area contributed by atoms with Crippen LogP contribution in [0.4, 0.5) is 0 Å². The van der Waals surface area contributed by atoms with Gasteiger partial charge in [0.25, 0.3) is 0 Å². The van der Waals surface area contributed by atoms with E-state index in [9.17, 15) is 4.79 Å². The predicted octanol–water partition coefficient (Wildman–Crippen LogP) is 2.74. The Morgan fingerprint density at radius 1 is 1.22 bits per heavy atom. The van der Waals surface area contributed by atoms with Crippen molar-refractivity contribution in [2.75, 3.05) is 13.2 Å². The van der Waals surface area contributed by atoms with E-state index >= 15 is 0 Å². The van der Waals surface area contributed by atoms with Crippen LogP contribution in [0.3, 0.4) is 0 Å². The Morgan fingerprint density at radius 3 is 2.48 bits per heavy atom. The van der Waals surface area contributed by atoms with Crippen LogP contribution < -0.4 is 11.1 Å². The van der Waals surface area contributed by atoms with E-state index in [-0.39, 0.29) is 24.2 Å². The molecular weight excluding hydrogens is 312 g/mol. The van der Waals surface area contributed by atoms with Crippen LogP contribution in [-0.4, -0.2) is 31.2 Å². The summed E-state index contributed by atoms with van der Waals surface area (Å²) in [5.74, 6) is 2.60. The van der Waals surface area contributed by atoms with E-state index in [1.54, 1.807) is 0 Å². The number of nitrogens with two attached hydrogens (primary N) is 1. The van der Waals surface area contributed by atoms with Gasteiger partial charge in [-0.1, -0.05) is 20.3 Å². The first kappa shape index (κ1) is 19.0. The first-order valence-electron chi connectivity index (χ1n) is 9.21. The molecule has 4 nitrogen and oxygen atoms in total. The van der Waals surface area contributed by atoms with Crippen molar-refractivity contribution in [3.8, 4) is 0 Å². The largest absolute Gasteiger partial charge is 0.378 e. The molecule has 0 aromatic rings. The monoisotopic (exact) mass is 344 g/mol. The van der Waals surface area contributed by atoms with Gasteiger partial charge in [0, 0.05) is 31.0 Å². The molecule has 5 heteroatoms. The molecule has 2 saturated carbocycles. The van der Waals surface area contributed by atoms with Crippen molar-refractivity contribution >= 4 is 18.3 Å². The SMILES string of the molecule is CC(C)C1OCCC1CNC(=O)C1CC2CCCC(C1)C2N.Cl. The van der Waals surface area contributed by atoms with Gasteiger partial charge in [-0.15, -0.1) is 12.4 Å². The summed E-state index contributed by atoms with van der Waals surface area (Å²) in [7, 11) is 0. The molecular formula is C18H33ClN2O2. The highest BCUT2D eigenvalue weighted by atomic mass is 35.5. The Balaban J connectivity index is 0.00000192. The molecule has 1 saturated heterocycles. The Bertz CT molecular complexity index is 390. The minimum atomic E-state index is 0. The van der Waals surface area contributed by atoms with Crippen LogP contribution in [0.25, 0.3) is 0 Å². The third-order valence-corrected chi connectivity index (χ3v) is 6.24. The number of amides is 1. The molecule has 0 radical (unpaired) electrons. The number of rotatable bonds is 4. The predicted molar refractivity (Wildman–Crippen MR) is 94.5 cm³/mol. The summed E-state index contributed by atoms with van der Waals surface area (Å²) in [6, 6.07) is 0.339. The van der Waals surface area contributed by atoms with E-state index in [0.29, 0.717) is 35.8 Å². The molecule has 134 valence electrons. The molecule has 0 aromatic heterocycles. The Morgan fingerprint density at radius 2 is 1.87 bits per heavy atom. The molecule has 3 N–H and O–H groups in total. The van der Waals surface area contributed by atoms with E-state index in [1.807, 2.05) is 0 Å². The second-order valence-electron chi connectivity index (χ2n) is 8.07. The summed E-state index contributed by atoms with van der Waals surface area (Å²) in [4.78, 5) is 12.6. The first-order valence-corrected chi connectivity index (χ1v) is 9.21. The van der Waals surface area contributed by atoms with Crippen molar-refractivity contribution < 1.29 is 9.53 Å². The van der Waals surface area contributed by atoms with E-state index < -0.39 is 0 Å². The van der Waals surface area contributed by atoms with Gasteiger partial charge in [-0.25, -0.2) is 0 Å². The van der Waals surface area contributed by atoms with Crippen LogP contribution in [0.1, 0.15) is 52.4 Å². The van der Waals surface area contributed by atoms with Crippen LogP contribution in [0.15, 0.2) is 0 Å². The van der Waals surface area contributed by atoms with Crippen molar-refractivity contribution in [2.45, 2.75) is 64.5 Å². The third kappa shape index (κ3) is 4.21. The number of nitrogens with one attached hydrogen (secondary N) is 1. The molecule has 4 unspecified atom stereocenters. The number of fused-ring (bicyclic) bond motifs is 2. The van der Waals surface area contributed by atoms with Gasteiger partial charge in [-0.05, 0) is 49.9 Å². The summed E-state index contributed by atoms with van der Waals surface area (Å²) >= 11 is 0. The fourth-order valence-corrected chi connectivity index (χ4v) is 4.99. The van der Waals surface area contributed by atoms with Crippen LogP contribution in [0.2, 0.25) is 0 Å². The highest BCUT2D eigenvalue weighted by Gasteiger charge is 2.40. The third-order valence-electron chi connectivity index (χ3n) is 6.24. The zero-order valence-electron chi connectivity index (χ0n) is 14.5. The zero-order chi connectivity index (χ0) is 15.7. The molecule has 2 bridgehead atoms. The van der Waals surface area contributed by atoms with Crippen molar-refractivity contribution in [2.24, 2.45) is 35.3 Å². The lowest BCUT2D eigenvalue weighted by molar-refractivity contribution is -0.128. The van der Waals surface area contributed by atoms with Gasteiger partial charge in [-0.2, -0.15) is 0 Å². The maximum Gasteiger partial charge on any atom is 0.223 e. The van der Waals surface area contributed by atoms with Gasteiger partial charge >= 0.3 is 0 Å². The first-order chi connectivity index (χ1) is 10.6. The quantitative estimate of drug-likeness (QED) is 0.824. The van der Waals surface area contributed by atoms with Gasteiger partial charge in [0.05, 0.1) is 6.10 Å². The van der Waals surface area contributed by atoms with Crippen molar-refractivity contribution in [1.82, 2.24) is 5.32 Å². The van der Waals surface area contributed by atoms with Gasteiger partial charge in [-0.3, -0.25) is 4.79 Å². The molecule has 3 fully saturated rings. The van der Waals surface area contributed by atoms with Gasteiger partial charge in [0.2, 0.25) is 5.91 Å². The molecule has 4 atom stereocenters. The van der Waals surface area contributed by atoms with Crippen LogP contribution in [0, 0.1) is 29.6 Å². The smallest absolute Gasteiger partial charge is 0.223 e. The average Bonchev–Trinajstić information content (AvgIpc) is 2.93. The molecule has 0 spiro atoms. The molecule has 0 aromatic carbocycles. The van der Waals surface area contributed by atoms with E-state index in [2.05, 4.69) is 19.2 Å². The topological polar surface area (TPSA) is 64.3 Å². The van der Waals surface area contributed by atoms with E-state index in [0.717, 1.165) is 32.4 Å². The number of halogens is 1. The molecule has 23 heavy (non-hydrogen) atoms. The van der Waals surface area contributed by atoms with Crippen molar-refractivity contribution in [1.29, 1.82) is 0 Å². The summed E-state index contributed by atoms with van der Waals surface area (Å²) in [5.41, 5.74) is 6.32. The summed E-state index contributed by atoms with van der Waals surface area (Å²) in [6.07, 6.45) is 7.10. The standard InChI is InChI=1S/C18H32N2O2.ClH/c1-11(2)17-14(6-7-22-17)10-20-18(21)15-8-12-4-3-5-13(9-15)16(12)19;/h11-17H,3-10,19H2,1-2H3,(H,20,21);1H. The molecule has 2 aliphatic carbocycles. The highest BCUT2D eigenvalue weighted by Crippen LogP contribution is 2.41. The second-order valence-corrected chi connectivity index (χ2v) is 8.07. The van der Waals surface area contributed by atoms with Gasteiger partial charge < -0.3 is 15.8 Å². The Kier molecular flexibility index (Phi) is 6.76. The minimum Gasteiger partial charge on any atom is -0.378 e. The fraction of sp³-hybridized carbons (Fsp3) is 0.944. The molecule has 3 aliphatic rings. The summed E-state index contributed by atoms with van der Waals surface area (Å²) in [5, 5.41) is 3.22. The molecule has 1 aliphatic heterocycles. The number of hydrogen-bond acceptors (Lipinski definition) is 3. The van der Waals surface area contributed by atoms with Crippen molar-refractivity contribution in [3.63, 3.8) is 0 Å². The minimum absolute atomic E-state index is 0. The number of hydrogen-bond donors (Lipinski definition) is 2. The second kappa shape index (κ2) is 8.17. The molecule has 1 amide bonds. The van der Waals surface area contributed by atoms with Crippen LogP contribution in [0.5, 0.6) is 0 Å². The Labute approximate surface area is 146 Å². The van der Waals surface area contributed by atoms with Gasteiger partial charge in [0.1, 0.15) is 0 Å². The summed E-state index contributed by atoms with van der Waals surface area (Å²) < 4.78 is 5.81. The maximum atomic E-state index is 12.6. The van der Waals surface area contributed by atoms with Gasteiger partial charge in [0.15, 0.2) is 0 Å². The molecule has 1 heterocycles. The summed E-state index contributed by atoms with van der Waals surface area (Å²) in [6.45, 7) is 6.02. The number of carbonyl (C=O) groups excluding carboxylic acids is 1. The van der Waals surface area contributed by atoms with E-state index in [1.165, 1.54) is 19.3 Å². The van der Waals surface area contributed by atoms with Crippen LogP contribution in [-0.2, 0) is 9.53 Å². The number of carbonyl (C=O) groups is 1. The van der Waals surface area contributed by atoms with E-state index in [4.69, 9.17) is 10.5 Å². The Hall–Kier alpha value is -0.320. The molecule has 3 rings (SSSR count). The lowest BCUT2D eigenvalue weighted by atomic mass is 9.65. The maximum absolute atomic E-state index is 12.6. The zero-order valence-corrected chi connectivity index (χ0v) is 15.3. The normalized spacial score (nSPS) is 39.8. The number of ether oxygens (including phenoxy) is 1. The van der Waals surface area contributed by atoms with Crippen LogP contribution >= 0.6 is 12.4 Å². The average molecular weight is 345 g/mol. The fourth-order valence-electron chi connectivity index (χ4n) is 4.99. The lowest BCUT2D eigenvalue weighted by Crippen LogP contribution is -2.49. The lowest BCUT2D eigenvalue weighted by Gasteiger charge is -2.43. The van der Waals surface area contributed by atoms with Crippen molar-refractivity contribution in [3.05, 3.63) is 0 Å².